The standard InChI is InChI=1S/C55H93NO5/c1-4-7-10-13-16-19-22-25-27-29-31-34-37-40-43-46-51(61-55(60)48-45-42-39-36-33-30-28-26-23-20-17-14-11-8-5-2)49-54(59)56-52(50-57)53(58)47-44-41-38-35-32-24-21-18-15-12-9-6-3/h7,10,13,16-17,19-20,22-23,25-27,29,31,34,37,51-53,57-58H,4-6,8-9,11-12,14-15,18,21,24,28,30,32-33,35-36,38-50H2,1-3H3,(H,56,59)/b10-7-,16-13+,20-17+,22-19+,26-23+,27-25-,31-29+,37-34+. The topological polar surface area (TPSA) is 95.9 Å². The second-order valence-electron chi connectivity index (χ2n) is 16.7. The number of nitrogens with one attached hydrogen (secondary N) is 1. The van der Waals surface area contributed by atoms with Crippen molar-refractivity contribution in [3.8, 4) is 0 Å². The average Bonchev–Trinajstić information content (AvgIpc) is 3.25. The van der Waals surface area contributed by atoms with Gasteiger partial charge >= 0.3 is 5.97 Å². The average molecular weight is 848 g/mol. The second-order valence-corrected chi connectivity index (χ2v) is 16.7. The second kappa shape index (κ2) is 47.8. The minimum atomic E-state index is -0.814. The molecule has 1 amide bonds. The first-order valence-corrected chi connectivity index (χ1v) is 25.1. The molecule has 0 aromatic carbocycles. The summed E-state index contributed by atoms with van der Waals surface area (Å²) < 4.78 is 5.88. The molecule has 61 heavy (non-hydrogen) atoms. The summed E-state index contributed by atoms with van der Waals surface area (Å²) in [6.07, 6.45) is 63.2. The zero-order valence-corrected chi connectivity index (χ0v) is 39.5. The van der Waals surface area contributed by atoms with Crippen LogP contribution >= 0.6 is 0 Å². The molecule has 0 aliphatic heterocycles. The maximum absolute atomic E-state index is 13.2. The summed E-state index contributed by atoms with van der Waals surface area (Å²) >= 11 is 0. The first-order valence-electron chi connectivity index (χ1n) is 25.1. The van der Waals surface area contributed by atoms with E-state index < -0.39 is 18.2 Å². The zero-order valence-electron chi connectivity index (χ0n) is 39.5. The van der Waals surface area contributed by atoms with Crippen LogP contribution in [0.5, 0.6) is 0 Å². The third kappa shape index (κ3) is 43.2. The Bertz CT molecular complexity index is 1220. The highest BCUT2D eigenvalue weighted by molar-refractivity contribution is 5.77. The Morgan fingerprint density at radius 3 is 1.43 bits per heavy atom. The number of amides is 1. The lowest BCUT2D eigenvalue weighted by Crippen LogP contribution is -2.46. The molecule has 0 radical (unpaired) electrons. The highest BCUT2D eigenvalue weighted by atomic mass is 16.5. The number of unbranched alkanes of at least 4 members (excludes halogenated alkanes) is 21. The Hall–Kier alpha value is -3.22. The van der Waals surface area contributed by atoms with Crippen LogP contribution in [0.3, 0.4) is 0 Å². The number of esters is 1. The van der Waals surface area contributed by atoms with E-state index >= 15 is 0 Å². The van der Waals surface area contributed by atoms with Gasteiger partial charge < -0.3 is 20.3 Å². The van der Waals surface area contributed by atoms with Gasteiger partial charge in [0.15, 0.2) is 0 Å². The van der Waals surface area contributed by atoms with Crippen LogP contribution in [0.4, 0.5) is 0 Å². The predicted molar refractivity (Wildman–Crippen MR) is 264 cm³/mol. The molecule has 0 saturated heterocycles. The summed E-state index contributed by atoms with van der Waals surface area (Å²) in [4.78, 5) is 26.1. The number of aliphatic hydroxyl groups excluding tert-OH is 2. The first-order chi connectivity index (χ1) is 30.0. The van der Waals surface area contributed by atoms with E-state index in [0.717, 1.165) is 64.2 Å². The molecular formula is C55H93NO5. The van der Waals surface area contributed by atoms with E-state index in [2.05, 4.69) is 62.5 Å². The third-order valence-corrected chi connectivity index (χ3v) is 10.8. The lowest BCUT2D eigenvalue weighted by Gasteiger charge is -2.24. The van der Waals surface area contributed by atoms with E-state index in [4.69, 9.17) is 4.74 Å². The smallest absolute Gasteiger partial charge is 0.306 e. The Morgan fingerprint density at radius 1 is 0.492 bits per heavy atom. The van der Waals surface area contributed by atoms with Gasteiger partial charge in [-0.15, -0.1) is 0 Å². The van der Waals surface area contributed by atoms with E-state index in [1.807, 2.05) is 60.8 Å². The number of allylic oxidation sites excluding steroid dienone is 16. The molecule has 0 aliphatic carbocycles. The predicted octanol–water partition coefficient (Wildman–Crippen LogP) is 14.9. The molecule has 0 heterocycles. The van der Waals surface area contributed by atoms with E-state index in [-0.39, 0.29) is 24.9 Å². The van der Waals surface area contributed by atoms with Crippen molar-refractivity contribution in [2.45, 2.75) is 232 Å². The van der Waals surface area contributed by atoms with Crippen molar-refractivity contribution < 1.29 is 24.5 Å². The van der Waals surface area contributed by atoms with Crippen molar-refractivity contribution in [1.29, 1.82) is 0 Å². The molecule has 0 spiro atoms. The van der Waals surface area contributed by atoms with Crippen molar-refractivity contribution in [3.63, 3.8) is 0 Å². The lowest BCUT2D eigenvalue weighted by atomic mass is 10.0. The SMILES string of the molecule is CC\C=C/C=C/C=C/C=C\C=C\C=C\CCCC(CC(=O)NC(CO)C(O)CCCCCCCCCCCCCC)OC(=O)CCCCCCCC/C=C/C=C/CCCCC. The minimum absolute atomic E-state index is 0.0165. The molecule has 0 fully saturated rings. The molecule has 0 aromatic heterocycles. The number of hydrogen-bond donors (Lipinski definition) is 3. The molecule has 3 atom stereocenters. The van der Waals surface area contributed by atoms with E-state index in [0.29, 0.717) is 19.3 Å². The van der Waals surface area contributed by atoms with E-state index in [9.17, 15) is 19.8 Å². The van der Waals surface area contributed by atoms with Crippen molar-refractivity contribution >= 4 is 11.9 Å². The van der Waals surface area contributed by atoms with Gasteiger partial charge in [-0.1, -0.05) is 234 Å². The number of hydrogen-bond acceptors (Lipinski definition) is 5. The summed E-state index contributed by atoms with van der Waals surface area (Å²) in [5.41, 5.74) is 0. The van der Waals surface area contributed by atoms with Crippen molar-refractivity contribution in [3.05, 3.63) is 97.2 Å². The van der Waals surface area contributed by atoms with Crippen LogP contribution in [0, 0.1) is 0 Å². The van der Waals surface area contributed by atoms with Gasteiger partial charge in [0.05, 0.1) is 25.2 Å². The van der Waals surface area contributed by atoms with Gasteiger partial charge in [-0.3, -0.25) is 9.59 Å². The molecular weight excluding hydrogens is 755 g/mol. The van der Waals surface area contributed by atoms with Gasteiger partial charge in [0, 0.05) is 6.42 Å². The largest absolute Gasteiger partial charge is 0.462 e. The molecule has 6 heteroatoms. The fourth-order valence-corrected chi connectivity index (χ4v) is 7.05. The molecule has 3 unspecified atom stereocenters. The van der Waals surface area contributed by atoms with Crippen LogP contribution in [0.25, 0.3) is 0 Å². The third-order valence-electron chi connectivity index (χ3n) is 10.8. The molecule has 0 aromatic rings. The van der Waals surface area contributed by atoms with Gasteiger partial charge in [-0.25, -0.2) is 0 Å². The molecule has 0 saturated carbocycles. The fraction of sp³-hybridized carbons (Fsp3) is 0.673. The minimum Gasteiger partial charge on any atom is -0.462 e. The highest BCUT2D eigenvalue weighted by Crippen LogP contribution is 2.16. The normalized spacial score (nSPS) is 14.1. The van der Waals surface area contributed by atoms with E-state index in [1.165, 1.54) is 103 Å². The number of ether oxygens (including phenoxy) is 1. The van der Waals surface area contributed by atoms with Crippen LogP contribution in [0.2, 0.25) is 0 Å². The Labute approximate surface area is 376 Å². The van der Waals surface area contributed by atoms with Crippen LogP contribution in [-0.2, 0) is 14.3 Å². The summed E-state index contributed by atoms with van der Waals surface area (Å²) in [6, 6.07) is -0.733. The van der Waals surface area contributed by atoms with Gasteiger partial charge in [-0.2, -0.15) is 0 Å². The molecule has 0 bridgehead atoms. The lowest BCUT2D eigenvalue weighted by molar-refractivity contribution is -0.151. The Morgan fingerprint density at radius 2 is 0.902 bits per heavy atom. The van der Waals surface area contributed by atoms with Gasteiger partial charge in [0.2, 0.25) is 5.91 Å². The number of aliphatic hydroxyl groups is 2. The molecule has 6 nitrogen and oxygen atoms in total. The molecule has 348 valence electrons. The maximum atomic E-state index is 13.2. The zero-order chi connectivity index (χ0) is 44.5. The summed E-state index contributed by atoms with van der Waals surface area (Å²) in [5.74, 6) is -0.570. The summed E-state index contributed by atoms with van der Waals surface area (Å²) in [5, 5.41) is 23.7. The monoisotopic (exact) mass is 848 g/mol. The Kier molecular flexibility index (Phi) is 45.3. The number of rotatable bonds is 43. The van der Waals surface area contributed by atoms with Crippen LogP contribution in [-0.4, -0.2) is 46.9 Å². The first kappa shape index (κ1) is 57.8. The Balaban J connectivity index is 4.78. The van der Waals surface area contributed by atoms with Crippen molar-refractivity contribution in [1.82, 2.24) is 5.32 Å². The molecule has 3 N–H and O–H groups in total. The van der Waals surface area contributed by atoms with E-state index in [1.54, 1.807) is 0 Å². The summed E-state index contributed by atoms with van der Waals surface area (Å²) in [7, 11) is 0. The fourth-order valence-electron chi connectivity index (χ4n) is 7.05. The molecule has 0 aliphatic rings. The number of carbonyl (C=O) groups excluding carboxylic acids is 2. The van der Waals surface area contributed by atoms with Crippen LogP contribution in [0.1, 0.15) is 213 Å². The quantitative estimate of drug-likeness (QED) is 0.0323. The number of carbonyl (C=O) groups is 2. The molecule has 0 rings (SSSR count). The maximum Gasteiger partial charge on any atom is 0.306 e. The van der Waals surface area contributed by atoms with Gasteiger partial charge in [0.25, 0.3) is 0 Å². The van der Waals surface area contributed by atoms with Crippen LogP contribution in [0.15, 0.2) is 97.2 Å². The summed E-state index contributed by atoms with van der Waals surface area (Å²) in [6.45, 7) is 6.27. The highest BCUT2D eigenvalue weighted by Gasteiger charge is 2.24. The van der Waals surface area contributed by atoms with Crippen molar-refractivity contribution in [2.24, 2.45) is 0 Å². The van der Waals surface area contributed by atoms with Crippen molar-refractivity contribution in [2.75, 3.05) is 6.61 Å². The van der Waals surface area contributed by atoms with Gasteiger partial charge in [-0.05, 0) is 64.2 Å². The van der Waals surface area contributed by atoms with Gasteiger partial charge in [0.1, 0.15) is 6.10 Å². The van der Waals surface area contributed by atoms with Crippen LogP contribution < -0.4 is 5.32 Å².